The van der Waals surface area contributed by atoms with Crippen LogP contribution in [0.15, 0.2) is 53.6 Å². The van der Waals surface area contributed by atoms with E-state index in [9.17, 15) is 13.2 Å². The summed E-state index contributed by atoms with van der Waals surface area (Å²) < 4.78 is 40.5. The van der Waals surface area contributed by atoms with Crippen molar-refractivity contribution in [2.24, 2.45) is 0 Å². The van der Waals surface area contributed by atoms with Gasteiger partial charge >= 0.3 is 5.97 Å². The van der Waals surface area contributed by atoms with Gasteiger partial charge in [0.25, 0.3) is 10.0 Å². The van der Waals surface area contributed by atoms with Gasteiger partial charge < -0.3 is 9.47 Å². The molecule has 10 heteroatoms. The predicted octanol–water partition coefficient (Wildman–Crippen LogP) is 4.33. The van der Waals surface area contributed by atoms with Crippen LogP contribution in [0.2, 0.25) is 0 Å². The molecule has 9 nitrogen and oxygen atoms in total. The smallest absolute Gasteiger partial charge is 0.343 e. The summed E-state index contributed by atoms with van der Waals surface area (Å²) in [5.41, 5.74) is 3.77. The summed E-state index contributed by atoms with van der Waals surface area (Å²) in [4.78, 5) is 17.4. The molecule has 2 aromatic heterocycles. The molecule has 0 atom stereocenters. The molecule has 182 valence electrons. The van der Waals surface area contributed by atoms with Crippen LogP contribution < -0.4 is 9.46 Å². The van der Waals surface area contributed by atoms with Gasteiger partial charge in [-0.1, -0.05) is 11.6 Å². The highest BCUT2D eigenvalue weighted by Crippen LogP contribution is 2.28. The van der Waals surface area contributed by atoms with E-state index in [1.54, 1.807) is 13.0 Å². The number of methoxy groups -OCH3 is 1. The fourth-order valence-electron chi connectivity index (χ4n) is 3.86. The first-order chi connectivity index (χ1) is 16.6. The highest BCUT2D eigenvalue weighted by atomic mass is 32.2. The van der Waals surface area contributed by atoms with E-state index in [0.29, 0.717) is 11.6 Å². The number of nitrogens with zero attached hydrogens (tertiary/aromatic N) is 3. The summed E-state index contributed by atoms with van der Waals surface area (Å²) in [6.45, 7) is 7.73. The van der Waals surface area contributed by atoms with Crippen molar-refractivity contribution in [3.05, 3.63) is 70.9 Å². The molecule has 0 aliphatic rings. The van der Waals surface area contributed by atoms with Crippen LogP contribution in [-0.2, 0) is 14.8 Å². The van der Waals surface area contributed by atoms with Crippen molar-refractivity contribution >= 4 is 32.7 Å². The zero-order chi connectivity index (χ0) is 25.3. The lowest BCUT2D eigenvalue weighted by atomic mass is 10.0. The SMILES string of the molecule is CCOC(=O)c1cnn(-c2cc(C)c3cc(C)cc(C)c3n2)c1NS(=O)(=O)c1ccc(OC)cc1. The van der Waals surface area contributed by atoms with Gasteiger partial charge in [-0.2, -0.15) is 9.78 Å². The number of carbonyl (C=O) groups excluding carboxylic acids is 1. The summed E-state index contributed by atoms with van der Waals surface area (Å²) in [6, 6.07) is 11.8. The summed E-state index contributed by atoms with van der Waals surface area (Å²) in [7, 11) is -2.58. The van der Waals surface area contributed by atoms with Gasteiger partial charge in [0.05, 0.1) is 30.3 Å². The molecule has 0 saturated heterocycles. The molecule has 0 saturated carbocycles. The minimum Gasteiger partial charge on any atom is -0.497 e. The van der Waals surface area contributed by atoms with Gasteiger partial charge in [-0.05, 0) is 75.2 Å². The van der Waals surface area contributed by atoms with Crippen LogP contribution >= 0.6 is 0 Å². The van der Waals surface area contributed by atoms with Gasteiger partial charge in [0, 0.05) is 5.39 Å². The number of nitrogens with one attached hydrogen (secondary N) is 1. The molecule has 2 aromatic carbocycles. The number of hydrogen-bond donors (Lipinski definition) is 1. The largest absolute Gasteiger partial charge is 0.497 e. The van der Waals surface area contributed by atoms with Crippen molar-refractivity contribution in [3.8, 4) is 11.6 Å². The van der Waals surface area contributed by atoms with Crippen LogP contribution in [-0.4, -0.2) is 42.9 Å². The minimum absolute atomic E-state index is 0.00479. The molecule has 4 aromatic rings. The number of aryl methyl sites for hydroxylation is 3. The standard InChI is InChI=1S/C25H26N4O5S/c1-6-34-25(30)21-14-26-29(22-13-16(3)20-12-15(2)11-17(4)23(20)27-22)24(21)28-35(31,32)19-9-7-18(33-5)8-10-19/h7-14,28H,6H2,1-5H3. The maximum absolute atomic E-state index is 13.2. The number of rotatable bonds is 7. The topological polar surface area (TPSA) is 112 Å². The lowest BCUT2D eigenvalue weighted by molar-refractivity contribution is 0.0527. The van der Waals surface area contributed by atoms with E-state index >= 15 is 0 Å². The molecule has 0 radical (unpaired) electrons. The number of benzene rings is 2. The van der Waals surface area contributed by atoms with E-state index in [-0.39, 0.29) is 22.9 Å². The number of anilines is 1. The highest BCUT2D eigenvalue weighted by Gasteiger charge is 2.26. The molecule has 0 spiro atoms. The number of fused-ring (bicyclic) bond motifs is 1. The van der Waals surface area contributed by atoms with E-state index in [2.05, 4.69) is 15.9 Å². The fraction of sp³-hybridized carbons (Fsp3) is 0.240. The maximum Gasteiger partial charge on any atom is 0.343 e. The Morgan fingerprint density at radius 3 is 2.43 bits per heavy atom. The van der Waals surface area contributed by atoms with Gasteiger partial charge in [0.1, 0.15) is 11.3 Å². The van der Waals surface area contributed by atoms with E-state index in [0.717, 1.165) is 27.6 Å². The number of esters is 1. The Bertz CT molecular complexity index is 1530. The lowest BCUT2D eigenvalue weighted by Crippen LogP contribution is -2.19. The predicted molar refractivity (Wildman–Crippen MR) is 133 cm³/mol. The third-order valence-corrected chi connectivity index (χ3v) is 6.88. The van der Waals surface area contributed by atoms with E-state index in [1.165, 1.54) is 42.3 Å². The normalized spacial score (nSPS) is 11.5. The molecule has 0 unspecified atom stereocenters. The van der Waals surface area contributed by atoms with Gasteiger partial charge in [0.15, 0.2) is 11.6 Å². The quantitative estimate of drug-likeness (QED) is 0.381. The van der Waals surface area contributed by atoms with Crippen LogP contribution in [0.3, 0.4) is 0 Å². The number of hydrogen-bond acceptors (Lipinski definition) is 7. The summed E-state index contributed by atoms with van der Waals surface area (Å²) in [6.07, 6.45) is 1.27. The maximum atomic E-state index is 13.2. The van der Waals surface area contributed by atoms with Crippen molar-refractivity contribution in [1.82, 2.24) is 14.8 Å². The Labute approximate surface area is 203 Å². The Hall–Kier alpha value is -3.92. The van der Waals surface area contributed by atoms with Crippen LogP contribution in [0.1, 0.15) is 34.0 Å². The van der Waals surface area contributed by atoms with E-state index < -0.39 is 16.0 Å². The molecule has 35 heavy (non-hydrogen) atoms. The van der Waals surface area contributed by atoms with E-state index in [4.69, 9.17) is 14.5 Å². The third kappa shape index (κ3) is 4.69. The van der Waals surface area contributed by atoms with Crippen LogP contribution in [0.25, 0.3) is 16.7 Å². The average molecular weight is 495 g/mol. The van der Waals surface area contributed by atoms with Crippen molar-refractivity contribution in [3.63, 3.8) is 0 Å². The molecular formula is C25H26N4O5S. The molecule has 0 amide bonds. The van der Waals surface area contributed by atoms with Crippen molar-refractivity contribution < 1.29 is 22.7 Å². The fourth-order valence-corrected chi connectivity index (χ4v) is 4.92. The third-order valence-electron chi connectivity index (χ3n) is 5.52. The van der Waals surface area contributed by atoms with E-state index in [1.807, 2.05) is 26.8 Å². The summed E-state index contributed by atoms with van der Waals surface area (Å²) in [5, 5.41) is 5.29. The second-order valence-electron chi connectivity index (χ2n) is 8.10. The first-order valence-corrected chi connectivity index (χ1v) is 12.4. The first-order valence-electron chi connectivity index (χ1n) is 11.0. The molecule has 0 fully saturated rings. The Balaban J connectivity index is 1.87. The molecule has 0 aliphatic carbocycles. The summed E-state index contributed by atoms with van der Waals surface area (Å²) in [5.74, 6) is 0.123. The molecule has 0 aliphatic heterocycles. The number of ether oxygens (including phenoxy) is 2. The molecule has 4 rings (SSSR count). The second-order valence-corrected chi connectivity index (χ2v) is 9.78. The zero-order valence-electron chi connectivity index (χ0n) is 20.1. The number of pyridine rings is 1. The minimum atomic E-state index is -4.08. The Morgan fingerprint density at radius 1 is 1.06 bits per heavy atom. The van der Waals surface area contributed by atoms with Crippen molar-refractivity contribution in [1.29, 1.82) is 0 Å². The van der Waals surface area contributed by atoms with Gasteiger partial charge in [-0.25, -0.2) is 18.2 Å². The highest BCUT2D eigenvalue weighted by molar-refractivity contribution is 7.92. The first kappa shape index (κ1) is 24.2. The van der Waals surface area contributed by atoms with Crippen LogP contribution in [0.4, 0.5) is 5.82 Å². The number of carbonyl (C=O) groups is 1. The average Bonchev–Trinajstić information content (AvgIpc) is 3.22. The molecule has 1 N–H and O–H groups in total. The van der Waals surface area contributed by atoms with Gasteiger partial charge in [-0.3, -0.25) is 4.72 Å². The lowest BCUT2D eigenvalue weighted by Gasteiger charge is -2.14. The zero-order valence-corrected chi connectivity index (χ0v) is 20.9. The second kappa shape index (κ2) is 9.38. The van der Waals surface area contributed by atoms with Crippen molar-refractivity contribution in [2.75, 3.05) is 18.4 Å². The van der Waals surface area contributed by atoms with Gasteiger partial charge in [-0.15, -0.1) is 0 Å². The summed E-state index contributed by atoms with van der Waals surface area (Å²) >= 11 is 0. The van der Waals surface area contributed by atoms with Crippen molar-refractivity contribution in [2.45, 2.75) is 32.6 Å². The van der Waals surface area contributed by atoms with Crippen LogP contribution in [0, 0.1) is 20.8 Å². The van der Waals surface area contributed by atoms with Gasteiger partial charge in [0.2, 0.25) is 0 Å². The Kier molecular flexibility index (Phi) is 6.49. The Morgan fingerprint density at radius 2 is 1.77 bits per heavy atom. The molecule has 2 heterocycles. The monoisotopic (exact) mass is 494 g/mol. The number of sulfonamides is 1. The number of aromatic nitrogens is 3. The molecule has 0 bridgehead atoms. The molecular weight excluding hydrogens is 468 g/mol. The van der Waals surface area contributed by atoms with Crippen LogP contribution in [0.5, 0.6) is 5.75 Å².